The van der Waals surface area contributed by atoms with E-state index in [4.69, 9.17) is 14.2 Å². The smallest absolute Gasteiger partial charge is 0.418 e. The number of alkyl halides is 3. The molecule has 0 saturated carbocycles. The molecule has 248 valence electrons. The Morgan fingerprint density at radius 3 is 2.40 bits per heavy atom. The van der Waals surface area contributed by atoms with E-state index in [2.05, 4.69) is 54.0 Å². The Balaban J connectivity index is 1.46. The minimum Gasteiger partial charge on any atom is -0.450 e. The largest absolute Gasteiger partial charge is 0.450 e. The fourth-order valence-corrected chi connectivity index (χ4v) is 5.71. The zero-order valence-corrected chi connectivity index (χ0v) is 27.1. The van der Waals surface area contributed by atoms with Gasteiger partial charge in [-0.05, 0) is 32.4 Å². The molecular formula is C30H40F5N5O4Si. The first-order valence-electron chi connectivity index (χ1n) is 14.7. The number of nitrogens with one attached hydrogen (secondary N) is 2. The Morgan fingerprint density at radius 2 is 1.78 bits per heavy atom. The summed E-state index contributed by atoms with van der Waals surface area (Å²) < 4.78 is 89.9. The minimum absolute atomic E-state index is 0.111. The van der Waals surface area contributed by atoms with E-state index in [1.54, 1.807) is 0 Å². The molecule has 15 heteroatoms. The molecule has 4 rings (SSSR count). The number of fused-ring (bicyclic) bond motifs is 1. The number of carbonyl (C=O) groups excluding carboxylic acids is 1. The summed E-state index contributed by atoms with van der Waals surface area (Å²) in [6.45, 7) is 13.9. The Hall–Kier alpha value is -3.27. The van der Waals surface area contributed by atoms with Gasteiger partial charge in [-0.1, -0.05) is 19.6 Å². The van der Waals surface area contributed by atoms with Gasteiger partial charge in [-0.3, -0.25) is 4.90 Å². The first-order chi connectivity index (χ1) is 21.0. The van der Waals surface area contributed by atoms with Gasteiger partial charge < -0.3 is 29.4 Å². The van der Waals surface area contributed by atoms with Crippen molar-refractivity contribution in [3.63, 3.8) is 0 Å². The number of anilines is 1. The van der Waals surface area contributed by atoms with Crippen molar-refractivity contribution in [2.45, 2.75) is 64.4 Å². The highest BCUT2D eigenvalue weighted by atomic mass is 28.3. The van der Waals surface area contributed by atoms with Gasteiger partial charge >= 0.3 is 12.2 Å². The van der Waals surface area contributed by atoms with Gasteiger partial charge in [-0.15, -0.1) is 0 Å². The van der Waals surface area contributed by atoms with Crippen LogP contribution in [0.5, 0.6) is 11.5 Å². The number of ether oxygens (including phenoxy) is 3. The first kappa shape index (κ1) is 34.6. The molecule has 3 heterocycles. The van der Waals surface area contributed by atoms with Crippen LogP contribution in [0.15, 0.2) is 30.6 Å². The van der Waals surface area contributed by atoms with E-state index in [9.17, 15) is 18.0 Å². The lowest BCUT2D eigenvalue weighted by Crippen LogP contribution is -2.51. The van der Waals surface area contributed by atoms with Gasteiger partial charge in [0.25, 0.3) is 0 Å². The second-order valence-electron chi connectivity index (χ2n) is 12.8. The van der Waals surface area contributed by atoms with Crippen molar-refractivity contribution in [3.8, 4) is 11.5 Å². The molecule has 3 aromatic rings. The van der Waals surface area contributed by atoms with Crippen molar-refractivity contribution >= 4 is 30.8 Å². The number of halogens is 5. The highest BCUT2D eigenvalue weighted by Gasteiger charge is 2.37. The Morgan fingerprint density at radius 1 is 1.11 bits per heavy atom. The fourth-order valence-electron chi connectivity index (χ4n) is 4.95. The summed E-state index contributed by atoms with van der Waals surface area (Å²) in [5, 5.41) is 4.60. The van der Waals surface area contributed by atoms with Crippen LogP contribution in [-0.4, -0.2) is 73.5 Å². The maximum Gasteiger partial charge on any atom is 0.418 e. The lowest BCUT2D eigenvalue weighted by Gasteiger charge is -2.41. The molecule has 1 aliphatic rings. The molecule has 1 saturated heterocycles. The first-order valence-corrected chi connectivity index (χ1v) is 18.4. The lowest BCUT2D eigenvalue weighted by molar-refractivity contribution is -0.136. The van der Waals surface area contributed by atoms with Crippen LogP contribution in [0, 0.1) is 11.6 Å². The number of urea groups is 1. The summed E-state index contributed by atoms with van der Waals surface area (Å²) in [5.74, 6) is -3.79. The summed E-state index contributed by atoms with van der Waals surface area (Å²) in [5.41, 5.74) is -1.58. The summed E-state index contributed by atoms with van der Waals surface area (Å²) in [7, 11) is -1.42. The average molecular weight is 658 g/mol. The van der Waals surface area contributed by atoms with Gasteiger partial charge in [0, 0.05) is 70.1 Å². The molecule has 0 spiro atoms. The van der Waals surface area contributed by atoms with Crippen LogP contribution in [0.4, 0.5) is 32.4 Å². The van der Waals surface area contributed by atoms with Gasteiger partial charge in [0.1, 0.15) is 18.1 Å². The number of rotatable bonds is 12. The molecule has 0 aliphatic carbocycles. The quantitative estimate of drug-likeness (QED) is 0.123. The molecule has 1 fully saturated rings. The number of hydrogen-bond acceptors (Lipinski definition) is 6. The maximum absolute atomic E-state index is 15.1. The Labute approximate surface area is 260 Å². The molecule has 2 aromatic heterocycles. The number of morpholine rings is 1. The lowest BCUT2D eigenvalue weighted by atomic mass is 9.97. The van der Waals surface area contributed by atoms with Gasteiger partial charge in [0.05, 0.1) is 24.2 Å². The van der Waals surface area contributed by atoms with E-state index >= 15 is 8.78 Å². The van der Waals surface area contributed by atoms with Crippen LogP contribution in [0.3, 0.4) is 0 Å². The Kier molecular flexibility index (Phi) is 10.8. The predicted molar refractivity (Wildman–Crippen MR) is 163 cm³/mol. The Bertz CT molecular complexity index is 1460. The van der Waals surface area contributed by atoms with Gasteiger partial charge in [0.2, 0.25) is 0 Å². The number of carbonyl (C=O) groups is 1. The van der Waals surface area contributed by atoms with Crippen LogP contribution < -0.4 is 15.4 Å². The monoisotopic (exact) mass is 657 g/mol. The third-order valence-corrected chi connectivity index (χ3v) is 9.31. The molecule has 45 heavy (non-hydrogen) atoms. The van der Waals surface area contributed by atoms with E-state index in [0.29, 0.717) is 32.8 Å². The molecule has 0 atom stereocenters. The highest BCUT2D eigenvalue weighted by Crippen LogP contribution is 2.42. The second kappa shape index (κ2) is 14.0. The molecule has 2 N–H and O–H groups in total. The molecule has 1 aliphatic heterocycles. The molecule has 0 radical (unpaired) electrons. The van der Waals surface area contributed by atoms with Crippen LogP contribution in [0.2, 0.25) is 25.7 Å². The normalized spacial score (nSPS) is 15.0. The van der Waals surface area contributed by atoms with Crippen molar-refractivity contribution in [1.29, 1.82) is 0 Å². The van der Waals surface area contributed by atoms with Gasteiger partial charge in [-0.2, -0.15) is 13.2 Å². The third-order valence-electron chi connectivity index (χ3n) is 7.61. The number of nitrogens with zero attached hydrogens (tertiary/aromatic N) is 3. The van der Waals surface area contributed by atoms with E-state index in [1.165, 1.54) is 10.8 Å². The zero-order valence-electron chi connectivity index (χ0n) is 26.1. The van der Waals surface area contributed by atoms with Crippen molar-refractivity contribution in [3.05, 3.63) is 47.8 Å². The number of amides is 2. The van der Waals surface area contributed by atoms with Crippen LogP contribution in [0.25, 0.3) is 11.0 Å². The van der Waals surface area contributed by atoms with Crippen LogP contribution >= 0.6 is 0 Å². The number of benzene rings is 1. The minimum atomic E-state index is -4.81. The number of pyridine rings is 1. The average Bonchev–Trinajstić information content (AvgIpc) is 3.33. The maximum atomic E-state index is 15.1. The summed E-state index contributed by atoms with van der Waals surface area (Å²) in [6, 6.07) is 2.91. The fraction of sp³-hybridized carbons (Fsp3) is 0.533. The van der Waals surface area contributed by atoms with Gasteiger partial charge in [-0.25, -0.2) is 18.6 Å². The van der Waals surface area contributed by atoms with Crippen molar-refractivity contribution in [1.82, 2.24) is 19.8 Å². The van der Waals surface area contributed by atoms with E-state index < -0.39 is 54.4 Å². The van der Waals surface area contributed by atoms with Crippen LogP contribution in [-0.2, 0) is 22.4 Å². The summed E-state index contributed by atoms with van der Waals surface area (Å²) in [4.78, 5) is 18.8. The summed E-state index contributed by atoms with van der Waals surface area (Å²) >= 11 is 0. The number of hydrogen-bond donors (Lipinski definition) is 2. The molecule has 1 aromatic carbocycles. The van der Waals surface area contributed by atoms with Crippen molar-refractivity contribution in [2.24, 2.45) is 0 Å². The van der Waals surface area contributed by atoms with E-state index in [0.717, 1.165) is 43.5 Å². The molecular weight excluding hydrogens is 617 g/mol. The van der Waals surface area contributed by atoms with Crippen LogP contribution in [0.1, 0.15) is 25.8 Å². The summed E-state index contributed by atoms with van der Waals surface area (Å²) in [6.07, 6.45) is -2.15. The predicted octanol–water partition coefficient (Wildman–Crippen LogP) is 7.06. The molecule has 0 unspecified atom stereocenters. The second-order valence-corrected chi connectivity index (χ2v) is 18.4. The van der Waals surface area contributed by atoms with Crippen molar-refractivity contribution < 1.29 is 41.0 Å². The molecule has 2 amide bonds. The zero-order chi connectivity index (χ0) is 33.0. The highest BCUT2D eigenvalue weighted by molar-refractivity contribution is 6.76. The van der Waals surface area contributed by atoms with E-state index in [1.807, 2.05) is 0 Å². The molecule has 9 nitrogen and oxygen atoms in total. The standard InChI is InChI=1S/C30H40F5N5O4Si/c1-29(2,40-10-12-42-13-11-40)7-9-37-28(41)38-20-16-22(31)26(23(32)17-20)44-24-6-8-36-27-25(24)21(30(33,34)35)18-39(27)19-43-14-15-45(3,4)5/h6,8,16-18H,7,9-15,19H2,1-5H3,(H2,37,38,41). The third kappa shape index (κ3) is 9.14. The van der Waals surface area contributed by atoms with E-state index in [-0.39, 0.29) is 23.6 Å². The van der Waals surface area contributed by atoms with Crippen molar-refractivity contribution in [2.75, 3.05) is 44.8 Å². The topological polar surface area (TPSA) is 89.9 Å². The SMILES string of the molecule is CC(C)(CCNC(=O)Nc1cc(F)c(Oc2ccnc3c2c(C(F)(F)F)cn3COCC[Si](C)(C)C)c(F)c1)N1CCOCC1. The molecule has 0 bridgehead atoms. The van der Waals surface area contributed by atoms with Gasteiger partial charge in [0.15, 0.2) is 17.4 Å². The number of aromatic nitrogens is 2.